The Morgan fingerprint density at radius 1 is 1.55 bits per heavy atom. The highest BCUT2D eigenvalue weighted by Crippen LogP contribution is 2.36. The summed E-state index contributed by atoms with van der Waals surface area (Å²) < 4.78 is 5.40. The van der Waals surface area contributed by atoms with Crippen LogP contribution >= 0.6 is 22.9 Å². The highest BCUT2D eigenvalue weighted by Gasteiger charge is 2.18. The van der Waals surface area contributed by atoms with Crippen LogP contribution in [-0.2, 0) is 13.0 Å². The van der Waals surface area contributed by atoms with E-state index in [0.29, 0.717) is 11.3 Å². The van der Waals surface area contributed by atoms with E-state index in [0.717, 1.165) is 16.9 Å². The molecule has 1 heterocycles. The topological polar surface area (TPSA) is 85.5 Å². The second-order valence-electron chi connectivity index (χ2n) is 3.87. The van der Waals surface area contributed by atoms with Crippen molar-refractivity contribution >= 4 is 28.6 Å². The van der Waals surface area contributed by atoms with Gasteiger partial charge in [-0.05, 0) is 18.1 Å². The lowest BCUT2D eigenvalue weighted by Crippen LogP contribution is -1.94. The number of rotatable bonds is 5. The van der Waals surface area contributed by atoms with Crippen LogP contribution in [0.5, 0.6) is 10.9 Å². The molecule has 0 atom stereocenters. The largest absolute Gasteiger partial charge is 0.423 e. The zero-order valence-corrected chi connectivity index (χ0v) is 12.1. The van der Waals surface area contributed by atoms with Gasteiger partial charge >= 0.3 is 5.69 Å². The minimum absolute atomic E-state index is 0.0992. The number of nitro benzene ring substituents is 1. The van der Waals surface area contributed by atoms with Gasteiger partial charge in [-0.25, -0.2) is 0 Å². The van der Waals surface area contributed by atoms with E-state index < -0.39 is 4.92 Å². The highest BCUT2D eigenvalue weighted by atomic mass is 35.5. The standard InChI is InChI=1S/C12H11ClN2O4S/c1-2-7-3-4-9(8(5-7)15(17)18)19-12-14-11(13)10(6-16)20-12/h3-5,16H,2,6H2,1H3. The second-order valence-corrected chi connectivity index (χ2v) is 5.27. The number of nitrogens with zero attached hydrogens (tertiary/aromatic N) is 2. The van der Waals surface area contributed by atoms with Crippen LogP contribution in [0.2, 0.25) is 5.15 Å². The molecule has 106 valence electrons. The van der Waals surface area contributed by atoms with Crippen LogP contribution in [0, 0.1) is 10.1 Å². The summed E-state index contributed by atoms with van der Waals surface area (Å²) in [7, 11) is 0. The molecule has 0 spiro atoms. The van der Waals surface area contributed by atoms with Crippen LogP contribution in [0.1, 0.15) is 17.4 Å². The summed E-state index contributed by atoms with van der Waals surface area (Å²) in [5, 5.41) is 20.4. The van der Waals surface area contributed by atoms with Gasteiger partial charge in [0.2, 0.25) is 5.75 Å². The van der Waals surface area contributed by atoms with E-state index in [-0.39, 0.29) is 28.4 Å². The lowest BCUT2D eigenvalue weighted by molar-refractivity contribution is -0.385. The molecule has 1 N–H and O–H groups in total. The number of aromatic nitrogens is 1. The molecule has 0 unspecified atom stereocenters. The predicted octanol–water partition coefficient (Wildman–Crippen LogP) is 3.55. The number of thiazole rings is 1. The average Bonchev–Trinajstić information content (AvgIpc) is 2.79. The molecule has 0 aliphatic carbocycles. The van der Waals surface area contributed by atoms with Crippen LogP contribution in [0.4, 0.5) is 5.69 Å². The van der Waals surface area contributed by atoms with E-state index >= 15 is 0 Å². The summed E-state index contributed by atoms with van der Waals surface area (Å²) in [6.07, 6.45) is 0.693. The fraction of sp³-hybridized carbons (Fsp3) is 0.250. The van der Waals surface area contributed by atoms with Crippen LogP contribution in [0.3, 0.4) is 0 Å². The van der Waals surface area contributed by atoms with Crippen LogP contribution in [0.15, 0.2) is 18.2 Å². The minimum Gasteiger partial charge on any atom is -0.423 e. The minimum atomic E-state index is -0.503. The van der Waals surface area contributed by atoms with E-state index in [1.165, 1.54) is 12.1 Å². The van der Waals surface area contributed by atoms with Crippen LogP contribution in [-0.4, -0.2) is 15.0 Å². The summed E-state index contributed by atoms with van der Waals surface area (Å²) in [4.78, 5) is 14.9. The van der Waals surface area contributed by atoms with Crippen LogP contribution in [0.25, 0.3) is 0 Å². The van der Waals surface area contributed by atoms with Gasteiger partial charge < -0.3 is 9.84 Å². The zero-order chi connectivity index (χ0) is 14.7. The van der Waals surface area contributed by atoms with E-state index in [1.807, 2.05) is 6.92 Å². The van der Waals surface area contributed by atoms with Crippen LogP contribution < -0.4 is 4.74 Å². The first-order valence-electron chi connectivity index (χ1n) is 5.76. The number of nitro groups is 1. The number of aliphatic hydroxyl groups excluding tert-OH is 1. The number of benzene rings is 1. The number of aliphatic hydroxyl groups is 1. The molecule has 0 saturated heterocycles. The van der Waals surface area contributed by atoms with Gasteiger partial charge in [0.15, 0.2) is 0 Å². The summed E-state index contributed by atoms with van der Waals surface area (Å²) >= 11 is 6.83. The molecule has 6 nitrogen and oxygen atoms in total. The third-order valence-electron chi connectivity index (χ3n) is 2.60. The fourth-order valence-corrected chi connectivity index (χ4v) is 2.54. The maximum atomic E-state index is 11.1. The number of aryl methyl sites for hydroxylation is 1. The lowest BCUT2D eigenvalue weighted by atomic mass is 10.1. The molecule has 0 bridgehead atoms. The molecule has 0 amide bonds. The van der Waals surface area contributed by atoms with Crippen molar-refractivity contribution < 1.29 is 14.8 Å². The Morgan fingerprint density at radius 3 is 2.85 bits per heavy atom. The maximum absolute atomic E-state index is 11.1. The first-order valence-corrected chi connectivity index (χ1v) is 6.95. The Balaban J connectivity index is 2.34. The van der Waals surface area contributed by atoms with Gasteiger partial charge in [-0.2, -0.15) is 4.98 Å². The molecule has 8 heteroatoms. The molecule has 0 saturated carbocycles. The smallest absolute Gasteiger partial charge is 0.311 e. The molecule has 1 aromatic carbocycles. The van der Waals surface area contributed by atoms with Crippen molar-refractivity contribution in [1.29, 1.82) is 0 Å². The number of ether oxygens (including phenoxy) is 1. The molecule has 2 rings (SSSR count). The van der Waals surface area contributed by atoms with E-state index in [4.69, 9.17) is 21.4 Å². The molecule has 0 fully saturated rings. The third-order valence-corrected chi connectivity index (χ3v) is 3.94. The van der Waals surface area contributed by atoms with Crippen molar-refractivity contribution in [1.82, 2.24) is 4.98 Å². The number of halogens is 1. The van der Waals surface area contributed by atoms with Crippen molar-refractivity contribution in [3.63, 3.8) is 0 Å². The quantitative estimate of drug-likeness (QED) is 0.673. The zero-order valence-electron chi connectivity index (χ0n) is 10.5. The van der Waals surface area contributed by atoms with Crippen molar-refractivity contribution in [2.45, 2.75) is 20.0 Å². The summed E-state index contributed by atoms with van der Waals surface area (Å²) in [5.74, 6) is 0.0992. The fourth-order valence-electron chi connectivity index (χ4n) is 1.56. The van der Waals surface area contributed by atoms with Gasteiger partial charge in [0.1, 0.15) is 5.15 Å². The normalized spacial score (nSPS) is 10.6. The Morgan fingerprint density at radius 2 is 2.30 bits per heavy atom. The van der Waals surface area contributed by atoms with E-state index in [1.54, 1.807) is 6.07 Å². The van der Waals surface area contributed by atoms with Gasteiger partial charge in [-0.15, -0.1) is 0 Å². The summed E-state index contributed by atoms with van der Waals surface area (Å²) in [6, 6.07) is 4.76. The van der Waals surface area contributed by atoms with Gasteiger partial charge in [0, 0.05) is 6.07 Å². The van der Waals surface area contributed by atoms with Crippen molar-refractivity contribution in [3.05, 3.63) is 43.9 Å². The first-order chi connectivity index (χ1) is 9.55. The monoisotopic (exact) mass is 314 g/mol. The Kier molecular flexibility index (Phi) is 4.53. The van der Waals surface area contributed by atoms with Crippen molar-refractivity contribution in [2.75, 3.05) is 0 Å². The molecular weight excluding hydrogens is 304 g/mol. The molecule has 1 aromatic heterocycles. The average molecular weight is 315 g/mol. The maximum Gasteiger partial charge on any atom is 0.311 e. The molecule has 0 aliphatic rings. The first kappa shape index (κ1) is 14.7. The van der Waals surface area contributed by atoms with Gasteiger partial charge in [0.05, 0.1) is 16.4 Å². The van der Waals surface area contributed by atoms with Gasteiger partial charge in [0.25, 0.3) is 5.19 Å². The molecule has 0 aliphatic heterocycles. The Labute approximate surface area is 123 Å². The summed E-state index contributed by atoms with van der Waals surface area (Å²) in [6.45, 7) is 1.66. The number of hydrogen-bond acceptors (Lipinski definition) is 6. The van der Waals surface area contributed by atoms with E-state index in [9.17, 15) is 10.1 Å². The Bertz CT molecular complexity index is 644. The number of hydrogen-bond donors (Lipinski definition) is 1. The highest BCUT2D eigenvalue weighted by molar-refractivity contribution is 7.13. The lowest BCUT2D eigenvalue weighted by Gasteiger charge is -2.04. The van der Waals surface area contributed by atoms with Gasteiger partial charge in [-0.3, -0.25) is 10.1 Å². The molecule has 0 radical (unpaired) electrons. The SMILES string of the molecule is CCc1ccc(Oc2nc(Cl)c(CO)s2)c([N+](=O)[O-])c1. The summed E-state index contributed by atoms with van der Waals surface area (Å²) in [5.41, 5.74) is 0.721. The molecule has 20 heavy (non-hydrogen) atoms. The van der Waals surface area contributed by atoms with Gasteiger partial charge in [-0.1, -0.05) is 35.9 Å². The Hall–Kier alpha value is -1.70. The third kappa shape index (κ3) is 3.06. The molecule has 2 aromatic rings. The second kappa shape index (κ2) is 6.17. The predicted molar refractivity (Wildman–Crippen MR) is 75.6 cm³/mol. The van der Waals surface area contributed by atoms with Crippen molar-refractivity contribution in [2.24, 2.45) is 0 Å². The van der Waals surface area contributed by atoms with E-state index in [2.05, 4.69) is 4.98 Å². The van der Waals surface area contributed by atoms with Crippen molar-refractivity contribution in [3.8, 4) is 10.9 Å². The molecular formula is C12H11ClN2O4S.